The number of anilines is 1. The summed E-state index contributed by atoms with van der Waals surface area (Å²) in [7, 11) is 0. The SMILES string of the molecule is C#Cc1c(F)ccc2cccc(-c3nc4c5c(nc(OC[C@@]67CCCN6C[C@H](F)C7)nc5c3F)N3C[C@H]5CC[C@@H]([C@H]3CC[C@H]4C)N5C(=O)OC(C)(C)C)c12. The van der Waals surface area contributed by atoms with E-state index in [0.717, 1.165) is 38.6 Å². The Balaban J connectivity index is 1.22. The summed E-state index contributed by atoms with van der Waals surface area (Å²) in [5, 5.41) is 1.56. The highest BCUT2D eigenvalue weighted by Gasteiger charge is 2.52. The van der Waals surface area contributed by atoms with Crippen LogP contribution < -0.4 is 9.64 Å². The van der Waals surface area contributed by atoms with Crippen molar-refractivity contribution in [1.29, 1.82) is 0 Å². The lowest BCUT2D eigenvalue weighted by Crippen LogP contribution is -2.62. The number of carbonyl (C=O) groups is 1. The van der Waals surface area contributed by atoms with Crippen LogP contribution in [-0.4, -0.2) is 92.5 Å². The number of ether oxygens (including phenoxy) is 2. The van der Waals surface area contributed by atoms with Gasteiger partial charge in [-0.15, -0.1) is 6.42 Å². The maximum Gasteiger partial charge on any atom is 0.410 e. The minimum absolute atomic E-state index is 0.00482. The fourth-order valence-corrected chi connectivity index (χ4v) is 10.1. The van der Waals surface area contributed by atoms with Gasteiger partial charge in [0.2, 0.25) is 0 Å². The van der Waals surface area contributed by atoms with Gasteiger partial charge in [0.1, 0.15) is 41.2 Å². The number of hydrogen-bond acceptors (Lipinski definition) is 8. The normalized spacial score (nSPS) is 27.8. The predicted octanol–water partition coefficient (Wildman–Crippen LogP) is 7.91. The van der Waals surface area contributed by atoms with E-state index in [1.807, 2.05) is 31.7 Å². The van der Waals surface area contributed by atoms with E-state index in [1.54, 1.807) is 18.2 Å². The monoisotopic (exact) mass is 738 g/mol. The quantitative estimate of drug-likeness (QED) is 0.196. The molecule has 0 aliphatic carbocycles. The van der Waals surface area contributed by atoms with Gasteiger partial charge in [-0.3, -0.25) is 9.80 Å². The number of aromatic nitrogens is 3. The minimum atomic E-state index is -0.939. The van der Waals surface area contributed by atoms with Crippen molar-refractivity contribution in [2.45, 2.75) is 114 Å². The molecule has 2 bridgehead atoms. The van der Waals surface area contributed by atoms with Gasteiger partial charge in [-0.2, -0.15) is 9.97 Å². The van der Waals surface area contributed by atoms with E-state index in [9.17, 15) is 9.18 Å². The number of pyridine rings is 1. The maximum absolute atomic E-state index is 17.5. The molecule has 9 rings (SSSR count). The number of rotatable bonds is 4. The largest absolute Gasteiger partial charge is 0.461 e. The highest BCUT2D eigenvalue weighted by Crippen LogP contribution is 2.47. The molecule has 0 saturated carbocycles. The smallest absolute Gasteiger partial charge is 0.410 e. The summed E-state index contributed by atoms with van der Waals surface area (Å²) >= 11 is 0. The Morgan fingerprint density at radius 3 is 2.65 bits per heavy atom. The second-order valence-corrected chi connectivity index (χ2v) is 16.9. The van der Waals surface area contributed by atoms with Crippen LogP contribution in [0, 0.1) is 24.0 Å². The third-order valence-electron chi connectivity index (χ3n) is 12.4. The van der Waals surface area contributed by atoms with E-state index < -0.39 is 28.9 Å². The Bertz CT molecular complexity index is 2240. The molecule has 5 aliphatic rings. The lowest BCUT2D eigenvalue weighted by molar-refractivity contribution is 0.00692. The van der Waals surface area contributed by atoms with Gasteiger partial charge in [-0.1, -0.05) is 37.1 Å². The van der Waals surface area contributed by atoms with E-state index in [-0.39, 0.29) is 59.5 Å². The number of nitrogens with zero attached hydrogens (tertiary/aromatic N) is 6. The zero-order chi connectivity index (χ0) is 37.7. The van der Waals surface area contributed by atoms with Crippen LogP contribution in [0.1, 0.15) is 89.8 Å². The number of amides is 1. The van der Waals surface area contributed by atoms with Gasteiger partial charge in [0.25, 0.3) is 0 Å². The number of benzene rings is 2. The number of fused-ring (bicyclic) bond motifs is 7. The number of piperazine rings is 1. The Hall–Kier alpha value is -4.63. The minimum Gasteiger partial charge on any atom is -0.461 e. The van der Waals surface area contributed by atoms with Gasteiger partial charge >= 0.3 is 12.1 Å². The van der Waals surface area contributed by atoms with Crippen LogP contribution in [-0.2, 0) is 4.74 Å². The first kappa shape index (κ1) is 35.1. The molecule has 2 aromatic carbocycles. The van der Waals surface area contributed by atoms with Crippen molar-refractivity contribution >= 4 is 33.6 Å². The average molecular weight is 739 g/mol. The molecule has 4 fully saturated rings. The molecule has 7 heterocycles. The number of carbonyl (C=O) groups excluding carboxylic acids is 1. The topological polar surface area (TPSA) is 83.9 Å². The van der Waals surface area contributed by atoms with E-state index >= 15 is 8.78 Å². The third-order valence-corrected chi connectivity index (χ3v) is 12.4. The van der Waals surface area contributed by atoms with Crippen molar-refractivity contribution in [1.82, 2.24) is 24.8 Å². The van der Waals surface area contributed by atoms with Crippen LogP contribution in [0.25, 0.3) is 32.9 Å². The second-order valence-electron chi connectivity index (χ2n) is 16.9. The molecule has 6 atom stereocenters. The molecule has 0 unspecified atom stereocenters. The van der Waals surface area contributed by atoms with Crippen molar-refractivity contribution in [2.24, 2.45) is 0 Å². The molecular weight excluding hydrogens is 693 g/mol. The maximum atomic E-state index is 17.5. The molecule has 1 amide bonds. The van der Waals surface area contributed by atoms with Crippen LogP contribution in [0.3, 0.4) is 0 Å². The zero-order valence-corrected chi connectivity index (χ0v) is 31.2. The molecule has 2 aromatic heterocycles. The Morgan fingerprint density at radius 1 is 1.04 bits per heavy atom. The number of terminal acetylenes is 1. The van der Waals surface area contributed by atoms with E-state index in [1.165, 1.54) is 6.07 Å². The van der Waals surface area contributed by atoms with Crippen LogP contribution in [0.15, 0.2) is 30.3 Å². The van der Waals surface area contributed by atoms with E-state index in [2.05, 4.69) is 22.6 Å². The second kappa shape index (κ2) is 12.7. The van der Waals surface area contributed by atoms with Gasteiger partial charge in [0, 0.05) is 30.5 Å². The van der Waals surface area contributed by atoms with E-state index in [4.69, 9.17) is 30.8 Å². The molecule has 54 heavy (non-hydrogen) atoms. The summed E-state index contributed by atoms with van der Waals surface area (Å²) in [6, 6.07) is 7.88. The highest BCUT2D eigenvalue weighted by atomic mass is 19.1. The number of hydrogen-bond donors (Lipinski definition) is 0. The van der Waals surface area contributed by atoms with E-state index in [0.29, 0.717) is 59.2 Å². The average Bonchev–Trinajstić information content (AvgIpc) is 3.77. The predicted molar refractivity (Wildman–Crippen MR) is 200 cm³/mol. The fourth-order valence-electron chi connectivity index (χ4n) is 10.1. The summed E-state index contributed by atoms with van der Waals surface area (Å²) in [5.41, 5.74) is 0.0134. The lowest BCUT2D eigenvalue weighted by Gasteiger charge is -2.48. The molecule has 4 aromatic rings. The molecule has 0 N–H and O–H groups in total. The first-order valence-corrected chi connectivity index (χ1v) is 19.2. The summed E-state index contributed by atoms with van der Waals surface area (Å²) in [5.74, 6) is 1.58. The van der Waals surface area contributed by atoms with Crippen LogP contribution in [0.5, 0.6) is 6.01 Å². The highest BCUT2D eigenvalue weighted by molar-refractivity contribution is 6.03. The van der Waals surface area contributed by atoms with Crippen LogP contribution in [0.2, 0.25) is 0 Å². The Kier molecular flexibility index (Phi) is 8.27. The van der Waals surface area contributed by atoms with Crippen molar-refractivity contribution in [3.63, 3.8) is 0 Å². The molecule has 0 radical (unpaired) electrons. The molecule has 0 spiro atoms. The molecule has 12 heteroatoms. The van der Waals surface area contributed by atoms with Crippen LogP contribution in [0.4, 0.5) is 23.8 Å². The van der Waals surface area contributed by atoms with Gasteiger partial charge in [0.15, 0.2) is 5.82 Å². The zero-order valence-electron chi connectivity index (χ0n) is 31.2. The standard InChI is InChI=1S/C42H45F3N6O3/c1-6-27-29(44)14-12-24-9-7-10-28(32(24)27)36-34(45)37-33-35(46-36)23(2)11-15-30-31-16-13-26(51(31)40(52)54-41(3,4)5)21-50(30)38(33)48-39(47-37)53-22-42-17-8-18-49(42)20-25(43)19-42/h1,7,9-10,12,14,23,25-26,30-31H,8,11,13,15-22H2,2-5H3/t23-,25-,26-,30-,31+,42+/m1/s1. The van der Waals surface area contributed by atoms with Crippen molar-refractivity contribution in [3.8, 4) is 29.6 Å². The fraction of sp³-hybridized carbons (Fsp3) is 0.524. The first-order valence-electron chi connectivity index (χ1n) is 19.2. The van der Waals surface area contributed by atoms with Gasteiger partial charge in [-0.05, 0) is 83.2 Å². The molecule has 4 saturated heterocycles. The first-order chi connectivity index (χ1) is 25.9. The Morgan fingerprint density at radius 2 is 1.85 bits per heavy atom. The number of alkyl halides is 1. The number of halogens is 3. The summed E-state index contributed by atoms with van der Waals surface area (Å²) < 4.78 is 59.7. The van der Waals surface area contributed by atoms with Crippen molar-refractivity contribution in [2.75, 3.05) is 31.1 Å². The molecule has 5 aliphatic heterocycles. The van der Waals surface area contributed by atoms with Crippen LogP contribution >= 0.6 is 0 Å². The van der Waals surface area contributed by atoms with Crippen molar-refractivity contribution < 1.29 is 27.4 Å². The van der Waals surface area contributed by atoms with Gasteiger partial charge in [-0.25, -0.2) is 22.9 Å². The van der Waals surface area contributed by atoms with Gasteiger partial charge in [0.05, 0.1) is 40.3 Å². The molecular formula is C42H45F3N6O3. The molecule has 9 nitrogen and oxygen atoms in total. The summed E-state index contributed by atoms with van der Waals surface area (Å²) in [4.78, 5) is 34.8. The summed E-state index contributed by atoms with van der Waals surface area (Å²) in [6.07, 6.45) is 9.73. The van der Waals surface area contributed by atoms with Gasteiger partial charge < -0.3 is 14.4 Å². The molecule has 282 valence electrons. The Labute approximate surface area is 313 Å². The van der Waals surface area contributed by atoms with Crippen molar-refractivity contribution in [3.05, 3.63) is 53.2 Å². The third kappa shape index (κ3) is 5.56. The lowest BCUT2D eigenvalue weighted by atomic mass is 9.88. The summed E-state index contributed by atoms with van der Waals surface area (Å²) in [6.45, 7) is 9.51.